The van der Waals surface area contributed by atoms with Crippen molar-refractivity contribution in [3.63, 3.8) is 0 Å². The molecule has 7 heteroatoms. The fourth-order valence-electron chi connectivity index (χ4n) is 2.64. The fraction of sp³-hybridized carbons (Fsp3) is 0.684. The second-order valence-electron chi connectivity index (χ2n) is 6.33. The molecule has 0 fully saturated rings. The van der Waals surface area contributed by atoms with E-state index in [2.05, 4.69) is 28.2 Å². The SMILES string of the molecule is CCCCCCCCOc1c(Br)cc(CNCCC[P+](=O)O)cc1OC. The van der Waals surface area contributed by atoms with Gasteiger partial charge in [-0.05, 0) is 51.2 Å². The van der Waals surface area contributed by atoms with E-state index < -0.39 is 8.03 Å². The van der Waals surface area contributed by atoms with Crippen molar-refractivity contribution in [3.05, 3.63) is 22.2 Å². The van der Waals surface area contributed by atoms with E-state index in [1.165, 1.54) is 32.1 Å². The molecule has 5 nitrogen and oxygen atoms in total. The quantitative estimate of drug-likeness (QED) is 0.277. The van der Waals surface area contributed by atoms with Crippen LogP contribution in [0.15, 0.2) is 16.6 Å². The zero-order valence-corrected chi connectivity index (χ0v) is 18.4. The number of nitrogens with one attached hydrogen (secondary N) is 1. The fourth-order valence-corrected chi connectivity index (χ4v) is 3.68. The molecule has 0 spiro atoms. The summed E-state index contributed by atoms with van der Waals surface area (Å²) >= 11 is 3.58. The van der Waals surface area contributed by atoms with Crippen LogP contribution in [-0.4, -0.2) is 31.3 Å². The lowest BCUT2D eigenvalue weighted by Gasteiger charge is -2.15. The summed E-state index contributed by atoms with van der Waals surface area (Å²) in [4.78, 5) is 8.79. The molecule has 1 aromatic carbocycles. The molecule has 1 atom stereocenters. The number of ether oxygens (including phenoxy) is 2. The van der Waals surface area contributed by atoms with Gasteiger partial charge < -0.3 is 14.8 Å². The minimum Gasteiger partial charge on any atom is -0.493 e. The summed E-state index contributed by atoms with van der Waals surface area (Å²) in [6.45, 7) is 4.30. The highest BCUT2D eigenvalue weighted by atomic mass is 79.9. The third-order valence-corrected chi connectivity index (χ3v) is 5.35. The molecule has 1 aromatic rings. The first-order chi connectivity index (χ1) is 12.6. The van der Waals surface area contributed by atoms with E-state index in [-0.39, 0.29) is 0 Å². The van der Waals surface area contributed by atoms with E-state index in [1.807, 2.05) is 12.1 Å². The Morgan fingerprint density at radius 3 is 2.58 bits per heavy atom. The summed E-state index contributed by atoms with van der Waals surface area (Å²) in [5.41, 5.74) is 1.08. The number of unbranched alkanes of at least 4 members (excludes halogenated alkanes) is 5. The minimum atomic E-state index is -2.04. The highest BCUT2D eigenvalue weighted by Crippen LogP contribution is 2.36. The maximum Gasteiger partial charge on any atom is 0.505 e. The lowest BCUT2D eigenvalue weighted by atomic mass is 10.1. The molecule has 2 N–H and O–H groups in total. The van der Waals surface area contributed by atoms with Gasteiger partial charge in [0.1, 0.15) is 0 Å². The molecule has 0 aliphatic carbocycles. The average Bonchev–Trinajstić information content (AvgIpc) is 2.61. The van der Waals surface area contributed by atoms with Gasteiger partial charge in [-0.3, -0.25) is 0 Å². The molecule has 0 aliphatic heterocycles. The monoisotopic (exact) mass is 448 g/mol. The van der Waals surface area contributed by atoms with E-state index in [0.29, 0.717) is 32.3 Å². The zero-order chi connectivity index (χ0) is 19.2. The van der Waals surface area contributed by atoms with E-state index in [0.717, 1.165) is 28.0 Å². The Morgan fingerprint density at radius 1 is 1.15 bits per heavy atom. The van der Waals surface area contributed by atoms with Gasteiger partial charge in [-0.15, -0.1) is 0 Å². The predicted octanol–water partition coefficient (Wildman–Crippen LogP) is 5.41. The highest BCUT2D eigenvalue weighted by molar-refractivity contribution is 9.10. The standard InChI is InChI=1S/C19H31BrNO4P/c1-3-4-5-6-7-8-11-25-19-17(20)13-16(14-18(19)24-2)15-21-10-9-12-26(22)23/h13-14,21H,3-12,15H2,1-2H3/p+1. The summed E-state index contributed by atoms with van der Waals surface area (Å²) in [5.74, 6) is 1.47. The van der Waals surface area contributed by atoms with Crippen LogP contribution in [0, 0.1) is 0 Å². The number of hydrogen-bond donors (Lipinski definition) is 2. The van der Waals surface area contributed by atoms with Crippen molar-refractivity contribution in [1.29, 1.82) is 0 Å². The van der Waals surface area contributed by atoms with Crippen molar-refractivity contribution in [2.75, 3.05) is 26.4 Å². The van der Waals surface area contributed by atoms with Crippen LogP contribution in [-0.2, 0) is 11.1 Å². The van der Waals surface area contributed by atoms with Gasteiger partial charge >= 0.3 is 8.03 Å². The van der Waals surface area contributed by atoms with E-state index in [4.69, 9.17) is 14.4 Å². The van der Waals surface area contributed by atoms with E-state index in [1.54, 1.807) is 7.11 Å². The van der Waals surface area contributed by atoms with Crippen LogP contribution in [0.2, 0.25) is 0 Å². The van der Waals surface area contributed by atoms with Crippen LogP contribution in [0.4, 0.5) is 0 Å². The molecular formula is C19H32BrNO4P+. The predicted molar refractivity (Wildman–Crippen MR) is 111 cm³/mol. The Balaban J connectivity index is 2.43. The molecule has 26 heavy (non-hydrogen) atoms. The summed E-state index contributed by atoms with van der Waals surface area (Å²) in [5, 5.41) is 3.27. The Morgan fingerprint density at radius 2 is 1.88 bits per heavy atom. The lowest BCUT2D eigenvalue weighted by molar-refractivity contribution is 0.282. The van der Waals surface area contributed by atoms with Gasteiger partial charge in [-0.1, -0.05) is 39.0 Å². The molecule has 0 saturated carbocycles. The third kappa shape index (κ3) is 9.86. The van der Waals surface area contributed by atoms with Crippen LogP contribution in [0.25, 0.3) is 0 Å². The highest BCUT2D eigenvalue weighted by Gasteiger charge is 2.12. The average molecular weight is 449 g/mol. The van der Waals surface area contributed by atoms with Gasteiger partial charge in [-0.25, -0.2) is 0 Å². The summed E-state index contributed by atoms with van der Waals surface area (Å²) in [6.07, 6.45) is 8.42. The van der Waals surface area contributed by atoms with Gasteiger partial charge in [0, 0.05) is 13.0 Å². The number of rotatable bonds is 15. The molecular weight excluding hydrogens is 417 g/mol. The summed E-state index contributed by atoms with van der Waals surface area (Å²) in [6, 6.07) is 4.00. The van der Waals surface area contributed by atoms with Gasteiger partial charge in [0.05, 0.1) is 18.2 Å². The second-order valence-corrected chi connectivity index (χ2v) is 8.34. The van der Waals surface area contributed by atoms with Crippen molar-refractivity contribution < 1.29 is 18.9 Å². The van der Waals surface area contributed by atoms with Crippen LogP contribution in [0.1, 0.15) is 57.4 Å². The van der Waals surface area contributed by atoms with Crippen molar-refractivity contribution in [1.82, 2.24) is 5.32 Å². The van der Waals surface area contributed by atoms with E-state index >= 15 is 0 Å². The Hall–Kier alpha value is -0.680. The first kappa shape index (κ1) is 23.4. The first-order valence-corrected chi connectivity index (χ1v) is 11.6. The zero-order valence-electron chi connectivity index (χ0n) is 15.9. The topological polar surface area (TPSA) is 67.8 Å². The molecule has 148 valence electrons. The third-order valence-electron chi connectivity index (χ3n) is 4.07. The molecule has 0 amide bonds. The molecule has 0 saturated heterocycles. The van der Waals surface area contributed by atoms with Crippen LogP contribution < -0.4 is 14.8 Å². The maximum absolute atomic E-state index is 10.7. The molecule has 0 aromatic heterocycles. The molecule has 1 unspecified atom stereocenters. The van der Waals surface area contributed by atoms with Crippen molar-refractivity contribution in [2.24, 2.45) is 0 Å². The summed E-state index contributed by atoms with van der Waals surface area (Å²) in [7, 11) is -0.388. The maximum atomic E-state index is 10.7. The molecule has 0 bridgehead atoms. The Labute approximate surface area is 166 Å². The van der Waals surface area contributed by atoms with Gasteiger partial charge in [-0.2, -0.15) is 4.89 Å². The van der Waals surface area contributed by atoms with Crippen molar-refractivity contribution >= 4 is 24.0 Å². The smallest absolute Gasteiger partial charge is 0.493 e. The molecule has 0 heterocycles. The Bertz CT molecular complexity index is 543. The summed E-state index contributed by atoms with van der Waals surface area (Å²) < 4.78 is 23.0. The van der Waals surface area contributed by atoms with Gasteiger partial charge in [0.2, 0.25) is 0 Å². The number of halogens is 1. The molecule has 0 aliphatic rings. The minimum absolute atomic E-state index is 0.334. The molecule has 1 rings (SSSR count). The Kier molecular flexibility index (Phi) is 12.9. The number of hydrogen-bond acceptors (Lipinski definition) is 4. The van der Waals surface area contributed by atoms with Crippen LogP contribution in [0.5, 0.6) is 11.5 Å². The molecule has 0 radical (unpaired) electrons. The van der Waals surface area contributed by atoms with Crippen molar-refractivity contribution in [3.8, 4) is 11.5 Å². The normalized spacial score (nSPS) is 11.5. The second kappa shape index (κ2) is 14.4. The van der Waals surface area contributed by atoms with E-state index in [9.17, 15) is 4.57 Å². The first-order valence-electron chi connectivity index (χ1n) is 9.42. The van der Waals surface area contributed by atoms with Crippen LogP contribution >= 0.6 is 24.0 Å². The largest absolute Gasteiger partial charge is 0.505 e. The van der Waals surface area contributed by atoms with Crippen molar-refractivity contribution in [2.45, 2.75) is 58.4 Å². The van der Waals surface area contributed by atoms with Crippen LogP contribution in [0.3, 0.4) is 0 Å². The lowest BCUT2D eigenvalue weighted by Crippen LogP contribution is -2.15. The number of benzene rings is 1. The van der Waals surface area contributed by atoms with Gasteiger partial charge in [0.15, 0.2) is 17.7 Å². The van der Waals surface area contributed by atoms with Gasteiger partial charge in [0.25, 0.3) is 0 Å². The number of methoxy groups -OCH3 is 1.